The van der Waals surface area contributed by atoms with Gasteiger partial charge >= 0.3 is 0 Å². The quantitative estimate of drug-likeness (QED) is 0.510. The second-order valence-electron chi connectivity index (χ2n) is 6.30. The molecule has 4 aromatic rings. The van der Waals surface area contributed by atoms with Crippen molar-refractivity contribution in [2.45, 2.75) is 6.42 Å². The van der Waals surface area contributed by atoms with Crippen molar-refractivity contribution in [1.29, 1.82) is 0 Å². The number of pyridine rings is 1. The van der Waals surface area contributed by atoms with Gasteiger partial charge in [0.2, 0.25) is 5.95 Å². The van der Waals surface area contributed by atoms with Crippen LogP contribution in [0.1, 0.15) is 5.56 Å². The SMILES string of the molecule is CN(CCc1ccccc1)c1ncc(-c2ccncc2)c(-c2ccco2)n1. The Morgan fingerprint density at radius 3 is 2.52 bits per heavy atom. The van der Waals surface area contributed by atoms with Gasteiger partial charge in [-0.25, -0.2) is 9.97 Å². The highest BCUT2D eigenvalue weighted by Gasteiger charge is 2.15. The highest BCUT2D eigenvalue weighted by Crippen LogP contribution is 2.31. The van der Waals surface area contributed by atoms with Gasteiger partial charge in [-0.3, -0.25) is 4.98 Å². The van der Waals surface area contributed by atoms with E-state index < -0.39 is 0 Å². The second kappa shape index (κ2) is 7.83. The minimum atomic E-state index is 0.676. The van der Waals surface area contributed by atoms with E-state index in [1.807, 2.05) is 43.6 Å². The number of hydrogen-bond donors (Lipinski definition) is 0. The maximum absolute atomic E-state index is 5.62. The van der Waals surface area contributed by atoms with Crippen molar-refractivity contribution in [3.63, 3.8) is 0 Å². The summed E-state index contributed by atoms with van der Waals surface area (Å²) in [5.74, 6) is 1.40. The van der Waals surface area contributed by atoms with E-state index in [1.165, 1.54) is 5.56 Å². The van der Waals surface area contributed by atoms with Crippen molar-refractivity contribution in [1.82, 2.24) is 15.0 Å². The van der Waals surface area contributed by atoms with Crippen LogP contribution in [-0.4, -0.2) is 28.5 Å². The Bertz CT molecular complexity index is 986. The zero-order chi connectivity index (χ0) is 18.5. The van der Waals surface area contributed by atoms with E-state index in [9.17, 15) is 0 Å². The minimum Gasteiger partial charge on any atom is -0.463 e. The standard InChI is InChI=1S/C22H20N4O/c1-26(14-11-17-6-3-2-4-7-17)22-24-16-19(18-9-12-23-13-10-18)21(25-22)20-8-5-15-27-20/h2-10,12-13,15-16H,11,14H2,1H3. The molecule has 134 valence electrons. The van der Waals surface area contributed by atoms with Crippen LogP contribution in [0.2, 0.25) is 0 Å². The van der Waals surface area contributed by atoms with E-state index >= 15 is 0 Å². The molecule has 0 bridgehead atoms. The average Bonchev–Trinajstić information content (AvgIpc) is 3.28. The summed E-state index contributed by atoms with van der Waals surface area (Å²) in [5, 5.41) is 0. The van der Waals surface area contributed by atoms with E-state index in [0.717, 1.165) is 35.5 Å². The monoisotopic (exact) mass is 356 g/mol. The summed E-state index contributed by atoms with van der Waals surface area (Å²) in [6.07, 6.45) is 7.98. The molecule has 1 aromatic carbocycles. The summed E-state index contributed by atoms with van der Waals surface area (Å²) >= 11 is 0. The van der Waals surface area contributed by atoms with E-state index in [4.69, 9.17) is 9.40 Å². The zero-order valence-corrected chi connectivity index (χ0v) is 15.1. The predicted molar refractivity (Wildman–Crippen MR) is 106 cm³/mol. The Balaban J connectivity index is 1.63. The molecule has 3 aromatic heterocycles. The predicted octanol–water partition coefficient (Wildman–Crippen LogP) is 4.48. The highest BCUT2D eigenvalue weighted by atomic mass is 16.3. The van der Waals surface area contributed by atoms with E-state index in [2.05, 4.69) is 39.1 Å². The molecule has 0 spiro atoms. The number of aromatic nitrogens is 3. The maximum atomic E-state index is 5.62. The Kier molecular flexibility index (Phi) is 4.92. The first-order valence-electron chi connectivity index (χ1n) is 8.87. The molecule has 5 nitrogen and oxygen atoms in total. The van der Waals surface area contributed by atoms with Gasteiger partial charge in [-0.05, 0) is 41.8 Å². The molecule has 0 radical (unpaired) electrons. The number of likely N-dealkylation sites (N-methyl/N-ethyl adjacent to an activating group) is 1. The van der Waals surface area contributed by atoms with Gasteiger partial charge < -0.3 is 9.32 Å². The number of nitrogens with zero attached hydrogens (tertiary/aromatic N) is 4. The molecule has 0 atom stereocenters. The molecule has 0 aliphatic heterocycles. The van der Waals surface area contributed by atoms with Crippen LogP contribution < -0.4 is 4.90 Å². The molecular weight excluding hydrogens is 336 g/mol. The number of hydrogen-bond acceptors (Lipinski definition) is 5. The first-order chi connectivity index (χ1) is 13.3. The molecule has 4 rings (SSSR count). The Hall–Kier alpha value is -3.47. The fraction of sp³-hybridized carbons (Fsp3) is 0.136. The molecule has 0 N–H and O–H groups in total. The van der Waals surface area contributed by atoms with Crippen LogP contribution in [0.25, 0.3) is 22.6 Å². The maximum Gasteiger partial charge on any atom is 0.225 e. The molecule has 0 aliphatic carbocycles. The van der Waals surface area contributed by atoms with E-state index in [1.54, 1.807) is 18.7 Å². The molecule has 0 fully saturated rings. The van der Waals surface area contributed by atoms with Crippen molar-refractivity contribution >= 4 is 5.95 Å². The van der Waals surface area contributed by atoms with Gasteiger partial charge in [-0.15, -0.1) is 0 Å². The van der Waals surface area contributed by atoms with Gasteiger partial charge in [0.1, 0.15) is 5.69 Å². The van der Waals surface area contributed by atoms with E-state index in [-0.39, 0.29) is 0 Å². The lowest BCUT2D eigenvalue weighted by molar-refractivity contribution is 0.580. The summed E-state index contributed by atoms with van der Waals surface area (Å²) in [7, 11) is 2.01. The summed E-state index contributed by atoms with van der Waals surface area (Å²) in [5.41, 5.74) is 4.01. The summed E-state index contributed by atoms with van der Waals surface area (Å²) in [4.78, 5) is 15.5. The third-order valence-corrected chi connectivity index (χ3v) is 4.44. The van der Waals surface area contributed by atoms with Crippen LogP contribution in [0.5, 0.6) is 0 Å². The van der Waals surface area contributed by atoms with Crippen molar-refractivity contribution in [2.75, 3.05) is 18.5 Å². The lowest BCUT2D eigenvalue weighted by atomic mass is 10.1. The molecular formula is C22H20N4O. The molecule has 0 unspecified atom stereocenters. The fourth-order valence-corrected chi connectivity index (χ4v) is 2.94. The third-order valence-electron chi connectivity index (χ3n) is 4.44. The lowest BCUT2D eigenvalue weighted by Gasteiger charge is -2.18. The third kappa shape index (κ3) is 3.87. The van der Waals surface area contributed by atoms with Crippen LogP contribution in [0.15, 0.2) is 83.9 Å². The van der Waals surface area contributed by atoms with Crippen LogP contribution in [0, 0.1) is 0 Å². The first-order valence-corrected chi connectivity index (χ1v) is 8.87. The van der Waals surface area contributed by atoms with Crippen LogP contribution in [0.4, 0.5) is 5.95 Å². The van der Waals surface area contributed by atoms with Crippen LogP contribution in [-0.2, 0) is 6.42 Å². The minimum absolute atomic E-state index is 0.676. The van der Waals surface area contributed by atoms with E-state index in [0.29, 0.717) is 5.95 Å². The van der Waals surface area contributed by atoms with Gasteiger partial charge in [0.15, 0.2) is 5.76 Å². The van der Waals surface area contributed by atoms with Gasteiger partial charge in [0, 0.05) is 37.7 Å². The van der Waals surface area contributed by atoms with Crippen LogP contribution >= 0.6 is 0 Å². The molecule has 0 saturated heterocycles. The molecule has 0 aliphatic rings. The Morgan fingerprint density at radius 2 is 1.78 bits per heavy atom. The summed E-state index contributed by atoms with van der Waals surface area (Å²) in [6, 6.07) is 18.1. The van der Waals surface area contributed by atoms with Crippen molar-refractivity contribution in [2.24, 2.45) is 0 Å². The topological polar surface area (TPSA) is 55.1 Å². The summed E-state index contributed by atoms with van der Waals surface area (Å²) < 4.78 is 5.62. The number of benzene rings is 1. The molecule has 3 heterocycles. The highest BCUT2D eigenvalue weighted by molar-refractivity contribution is 5.78. The Labute approximate surface area is 158 Å². The molecule has 5 heteroatoms. The van der Waals surface area contributed by atoms with Crippen molar-refractivity contribution in [3.05, 3.63) is 85.0 Å². The molecule has 0 saturated carbocycles. The number of anilines is 1. The average molecular weight is 356 g/mol. The van der Waals surface area contributed by atoms with Gasteiger partial charge in [-0.2, -0.15) is 0 Å². The van der Waals surface area contributed by atoms with Crippen LogP contribution in [0.3, 0.4) is 0 Å². The number of furan rings is 1. The van der Waals surface area contributed by atoms with Gasteiger partial charge in [0.05, 0.1) is 6.26 Å². The first kappa shape index (κ1) is 17.0. The lowest BCUT2D eigenvalue weighted by Crippen LogP contribution is -2.22. The largest absolute Gasteiger partial charge is 0.463 e. The van der Waals surface area contributed by atoms with Crippen molar-refractivity contribution < 1.29 is 4.42 Å². The molecule has 0 amide bonds. The fourth-order valence-electron chi connectivity index (χ4n) is 2.94. The van der Waals surface area contributed by atoms with Gasteiger partial charge in [-0.1, -0.05) is 30.3 Å². The smallest absolute Gasteiger partial charge is 0.225 e. The van der Waals surface area contributed by atoms with Crippen molar-refractivity contribution in [3.8, 4) is 22.6 Å². The normalized spacial score (nSPS) is 10.7. The molecule has 27 heavy (non-hydrogen) atoms. The second-order valence-corrected chi connectivity index (χ2v) is 6.30. The zero-order valence-electron chi connectivity index (χ0n) is 15.1. The summed E-state index contributed by atoms with van der Waals surface area (Å²) in [6.45, 7) is 0.830. The number of rotatable bonds is 6. The Morgan fingerprint density at radius 1 is 0.963 bits per heavy atom. The van der Waals surface area contributed by atoms with Gasteiger partial charge in [0.25, 0.3) is 0 Å².